The van der Waals surface area contributed by atoms with Crippen LogP contribution in [0.2, 0.25) is 0 Å². The molecule has 2 heteroatoms. The molecule has 0 saturated heterocycles. The monoisotopic (exact) mass is 264 g/mol. The van der Waals surface area contributed by atoms with Crippen molar-refractivity contribution >= 4 is 0 Å². The third-order valence-corrected chi connectivity index (χ3v) is 3.36. The summed E-state index contributed by atoms with van der Waals surface area (Å²) in [5.41, 5.74) is 4.51. The normalized spacial score (nSPS) is 10.5. The Morgan fingerprint density at radius 1 is 1.00 bits per heavy atom. The smallest absolute Gasteiger partial charge is 0.0991 e. The van der Waals surface area contributed by atoms with E-state index in [1.165, 1.54) is 11.1 Å². The van der Waals surface area contributed by atoms with Gasteiger partial charge in [0.15, 0.2) is 0 Å². The molecule has 20 heavy (non-hydrogen) atoms. The highest BCUT2D eigenvalue weighted by molar-refractivity contribution is 5.32. The lowest BCUT2D eigenvalue weighted by Crippen LogP contribution is -2.12. The third kappa shape index (κ3) is 3.94. The molecule has 0 heterocycles. The zero-order chi connectivity index (χ0) is 14.4. The predicted octanol–water partition coefficient (Wildman–Crippen LogP) is 3.97. The van der Waals surface area contributed by atoms with E-state index in [1.807, 2.05) is 24.3 Å². The molecule has 1 N–H and O–H groups in total. The summed E-state index contributed by atoms with van der Waals surface area (Å²) < 4.78 is 0. The van der Waals surface area contributed by atoms with E-state index in [2.05, 4.69) is 49.5 Å². The quantitative estimate of drug-likeness (QED) is 0.887. The van der Waals surface area contributed by atoms with Gasteiger partial charge in [0.25, 0.3) is 0 Å². The van der Waals surface area contributed by atoms with Gasteiger partial charge in [-0.25, -0.2) is 0 Å². The Balaban J connectivity index is 1.88. The first-order valence-corrected chi connectivity index (χ1v) is 6.97. The van der Waals surface area contributed by atoms with E-state index in [-0.39, 0.29) is 0 Å². The van der Waals surface area contributed by atoms with Crippen LogP contribution >= 0.6 is 0 Å². The highest BCUT2D eigenvalue weighted by Gasteiger charge is 1.99. The van der Waals surface area contributed by atoms with Gasteiger partial charge in [-0.05, 0) is 34.7 Å². The minimum absolute atomic E-state index is 0.575. The summed E-state index contributed by atoms with van der Waals surface area (Å²) in [5.74, 6) is 0.575. The largest absolute Gasteiger partial charge is 0.309 e. The fraction of sp³-hybridized carbons (Fsp3) is 0.278. The molecule has 0 bridgehead atoms. The average molecular weight is 264 g/mol. The number of hydrogen-bond acceptors (Lipinski definition) is 2. The summed E-state index contributed by atoms with van der Waals surface area (Å²) in [5, 5.41) is 12.3. The maximum Gasteiger partial charge on any atom is 0.0991 e. The molecule has 0 aliphatic carbocycles. The Kier molecular flexibility index (Phi) is 4.92. The zero-order valence-corrected chi connectivity index (χ0v) is 12.1. The lowest BCUT2D eigenvalue weighted by Gasteiger charge is -2.08. The van der Waals surface area contributed by atoms with Crippen molar-refractivity contribution in [3.63, 3.8) is 0 Å². The Labute approximate surface area is 121 Å². The predicted molar refractivity (Wildman–Crippen MR) is 82.2 cm³/mol. The van der Waals surface area contributed by atoms with Crippen molar-refractivity contribution in [3.05, 3.63) is 70.8 Å². The van der Waals surface area contributed by atoms with Crippen molar-refractivity contribution in [2.75, 3.05) is 0 Å². The molecule has 0 spiro atoms. The van der Waals surface area contributed by atoms with Crippen LogP contribution in [0.5, 0.6) is 0 Å². The fourth-order valence-corrected chi connectivity index (χ4v) is 2.12. The SMILES string of the molecule is CC(C)c1ccc(CNCc2cccc(C#N)c2)cc1. The molecule has 2 aromatic rings. The van der Waals surface area contributed by atoms with Gasteiger partial charge in [-0.2, -0.15) is 5.26 Å². The Bertz CT molecular complexity index is 592. The molecular weight excluding hydrogens is 244 g/mol. The van der Waals surface area contributed by atoms with E-state index in [9.17, 15) is 0 Å². The standard InChI is InChI=1S/C18H20N2/c1-14(2)18-8-6-15(7-9-18)12-20-13-17-5-3-4-16(10-17)11-19/h3-10,14,20H,12-13H2,1-2H3. The molecule has 0 saturated carbocycles. The van der Waals surface area contributed by atoms with E-state index in [0.717, 1.165) is 18.7 Å². The molecule has 0 aliphatic rings. The van der Waals surface area contributed by atoms with Gasteiger partial charge in [0.05, 0.1) is 11.6 Å². The van der Waals surface area contributed by atoms with E-state index in [0.29, 0.717) is 11.5 Å². The second-order valence-corrected chi connectivity index (χ2v) is 5.31. The fourth-order valence-electron chi connectivity index (χ4n) is 2.12. The molecule has 2 nitrogen and oxygen atoms in total. The average Bonchev–Trinajstić information content (AvgIpc) is 2.48. The lowest BCUT2D eigenvalue weighted by atomic mass is 10.0. The van der Waals surface area contributed by atoms with Gasteiger partial charge in [0, 0.05) is 13.1 Å². The van der Waals surface area contributed by atoms with Gasteiger partial charge in [0.1, 0.15) is 0 Å². The van der Waals surface area contributed by atoms with Crippen molar-refractivity contribution in [1.82, 2.24) is 5.32 Å². The van der Waals surface area contributed by atoms with Gasteiger partial charge in [-0.3, -0.25) is 0 Å². The van der Waals surface area contributed by atoms with E-state index in [4.69, 9.17) is 5.26 Å². The molecule has 0 aromatic heterocycles. The van der Waals surface area contributed by atoms with Gasteiger partial charge >= 0.3 is 0 Å². The Morgan fingerprint density at radius 2 is 1.70 bits per heavy atom. The highest BCUT2D eigenvalue weighted by atomic mass is 14.8. The van der Waals surface area contributed by atoms with Crippen LogP contribution in [0.15, 0.2) is 48.5 Å². The minimum atomic E-state index is 0.575. The lowest BCUT2D eigenvalue weighted by molar-refractivity contribution is 0.692. The summed E-state index contributed by atoms with van der Waals surface area (Å²) in [6, 6.07) is 18.6. The minimum Gasteiger partial charge on any atom is -0.309 e. The Hall–Kier alpha value is -2.11. The molecule has 102 valence electrons. The molecular formula is C18H20N2. The van der Waals surface area contributed by atoms with Crippen molar-refractivity contribution < 1.29 is 0 Å². The molecule has 0 unspecified atom stereocenters. The number of benzene rings is 2. The number of nitrogens with one attached hydrogen (secondary N) is 1. The van der Waals surface area contributed by atoms with Crippen LogP contribution in [-0.4, -0.2) is 0 Å². The van der Waals surface area contributed by atoms with E-state index < -0.39 is 0 Å². The van der Waals surface area contributed by atoms with Crippen LogP contribution in [-0.2, 0) is 13.1 Å². The number of hydrogen-bond donors (Lipinski definition) is 1. The first-order chi connectivity index (χ1) is 9.69. The molecule has 0 atom stereocenters. The summed E-state index contributed by atoms with van der Waals surface area (Å²) in [7, 11) is 0. The van der Waals surface area contributed by atoms with Gasteiger partial charge in [-0.1, -0.05) is 50.2 Å². The molecule has 2 aromatic carbocycles. The van der Waals surface area contributed by atoms with Crippen LogP contribution in [0.1, 0.15) is 42.0 Å². The van der Waals surface area contributed by atoms with Crippen molar-refractivity contribution in [2.24, 2.45) is 0 Å². The Morgan fingerprint density at radius 3 is 2.35 bits per heavy atom. The van der Waals surface area contributed by atoms with E-state index >= 15 is 0 Å². The van der Waals surface area contributed by atoms with Gasteiger partial charge in [-0.15, -0.1) is 0 Å². The second kappa shape index (κ2) is 6.88. The first-order valence-electron chi connectivity index (χ1n) is 6.97. The summed E-state index contributed by atoms with van der Waals surface area (Å²) in [6.45, 7) is 6.03. The summed E-state index contributed by atoms with van der Waals surface area (Å²) >= 11 is 0. The van der Waals surface area contributed by atoms with Crippen molar-refractivity contribution in [1.29, 1.82) is 5.26 Å². The van der Waals surface area contributed by atoms with Crippen LogP contribution in [0.25, 0.3) is 0 Å². The van der Waals surface area contributed by atoms with Crippen molar-refractivity contribution in [3.8, 4) is 6.07 Å². The van der Waals surface area contributed by atoms with Crippen molar-refractivity contribution in [2.45, 2.75) is 32.9 Å². The molecule has 0 fully saturated rings. The van der Waals surface area contributed by atoms with Crippen LogP contribution < -0.4 is 5.32 Å². The maximum absolute atomic E-state index is 8.87. The summed E-state index contributed by atoms with van der Waals surface area (Å²) in [6.07, 6.45) is 0. The van der Waals surface area contributed by atoms with Crippen LogP contribution in [0, 0.1) is 11.3 Å². The van der Waals surface area contributed by atoms with E-state index in [1.54, 1.807) is 0 Å². The number of nitrogens with zero attached hydrogens (tertiary/aromatic N) is 1. The van der Waals surface area contributed by atoms with Crippen LogP contribution in [0.3, 0.4) is 0 Å². The first kappa shape index (κ1) is 14.3. The zero-order valence-electron chi connectivity index (χ0n) is 12.1. The third-order valence-electron chi connectivity index (χ3n) is 3.36. The highest BCUT2D eigenvalue weighted by Crippen LogP contribution is 2.14. The van der Waals surface area contributed by atoms with Gasteiger partial charge < -0.3 is 5.32 Å². The summed E-state index contributed by atoms with van der Waals surface area (Å²) in [4.78, 5) is 0. The number of nitriles is 1. The molecule has 0 radical (unpaired) electrons. The molecule has 2 rings (SSSR count). The van der Waals surface area contributed by atoms with Gasteiger partial charge in [0.2, 0.25) is 0 Å². The maximum atomic E-state index is 8.87. The molecule has 0 amide bonds. The second-order valence-electron chi connectivity index (χ2n) is 5.31. The number of rotatable bonds is 5. The van der Waals surface area contributed by atoms with Crippen LogP contribution in [0.4, 0.5) is 0 Å². The topological polar surface area (TPSA) is 35.8 Å². The molecule has 0 aliphatic heterocycles.